The van der Waals surface area contributed by atoms with Crippen molar-refractivity contribution in [1.82, 2.24) is 15.5 Å². The molecule has 0 aliphatic rings. The van der Waals surface area contributed by atoms with Crippen LogP contribution in [0.15, 0.2) is 53.1 Å². The Hall–Kier alpha value is -2.95. The molecule has 1 aromatic heterocycles. The molecule has 116 valence electrons. The second-order valence-electron chi connectivity index (χ2n) is 5.39. The Bertz CT molecular complexity index is 822. The largest absolute Gasteiger partial charge is 0.348 e. The lowest BCUT2D eigenvalue weighted by Gasteiger charge is -2.06. The van der Waals surface area contributed by atoms with Crippen molar-refractivity contribution in [3.63, 3.8) is 0 Å². The standard InChI is InChI=1S/C18H17N3O2/c1-12-6-8-14(9-7-12)11-19-18(22)16-5-3-4-15(10-16)17-20-13(2)23-21-17/h3-10H,11H2,1-2H3,(H,19,22). The third-order valence-corrected chi connectivity index (χ3v) is 3.48. The highest BCUT2D eigenvalue weighted by Crippen LogP contribution is 2.17. The summed E-state index contributed by atoms with van der Waals surface area (Å²) in [5.41, 5.74) is 3.58. The zero-order valence-electron chi connectivity index (χ0n) is 13.0. The molecule has 0 atom stereocenters. The molecule has 3 rings (SSSR count). The SMILES string of the molecule is Cc1ccc(CNC(=O)c2cccc(-c3noc(C)n3)c2)cc1. The van der Waals surface area contributed by atoms with E-state index in [4.69, 9.17) is 4.52 Å². The number of aromatic nitrogens is 2. The molecule has 23 heavy (non-hydrogen) atoms. The zero-order chi connectivity index (χ0) is 16.2. The number of amides is 1. The van der Waals surface area contributed by atoms with Crippen LogP contribution in [0.3, 0.4) is 0 Å². The van der Waals surface area contributed by atoms with Gasteiger partial charge in [0, 0.05) is 24.6 Å². The van der Waals surface area contributed by atoms with E-state index in [1.54, 1.807) is 19.1 Å². The van der Waals surface area contributed by atoms with Crippen LogP contribution < -0.4 is 5.32 Å². The Labute approximate surface area is 134 Å². The van der Waals surface area contributed by atoms with Crippen LogP contribution in [0.2, 0.25) is 0 Å². The van der Waals surface area contributed by atoms with Crippen molar-refractivity contribution in [3.8, 4) is 11.4 Å². The first kappa shape index (κ1) is 15.0. The highest BCUT2D eigenvalue weighted by atomic mass is 16.5. The summed E-state index contributed by atoms with van der Waals surface area (Å²) in [6.07, 6.45) is 0. The summed E-state index contributed by atoms with van der Waals surface area (Å²) in [6, 6.07) is 15.3. The maximum absolute atomic E-state index is 12.3. The van der Waals surface area contributed by atoms with Gasteiger partial charge in [0.05, 0.1) is 0 Å². The van der Waals surface area contributed by atoms with Crippen molar-refractivity contribution in [2.75, 3.05) is 0 Å². The summed E-state index contributed by atoms with van der Waals surface area (Å²) in [4.78, 5) is 16.5. The normalized spacial score (nSPS) is 10.5. The van der Waals surface area contributed by atoms with E-state index in [0.717, 1.165) is 11.1 Å². The van der Waals surface area contributed by atoms with E-state index >= 15 is 0 Å². The molecule has 2 aromatic carbocycles. The highest BCUT2D eigenvalue weighted by Gasteiger charge is 2.10. The van der Waals surface area contributed by atoms with E-state index in [0.29, 0.717) is 23.8 Å². The first-order valence-corrected chi connectivity index (χ1v) is 7.36. The van der Waals surface area contributed by atoms with Crippen molar-refractivity contribution < 1.29 is 9.32 Å². The highest BCUT2D eigenvalue weighted by molar-refractivity contribution is 5.95. The quantitative estimate of drug-likeness (QED) is 0.803. The van der Waals surface area contributed by atoms with Crippen molar-refractivity contribution in [2.45, 2.75) is 20.4 Å². The van der Waals surface area contributed by atoms with Gasteiger partial charge in [0.25, 0.3) is 5.91 Å². The number of carbonyl (C=O) groups is 1. The molecular formula is C18H17N3O2. The van der Waals surface area contributed by atoms with Gasteiger partial charge in [-0.1, -0.05) is 47.1 Å². The van der Waals surface area contributed by atoms with Gasteiger partial charge in [0.1, 0.15) is 0 Å². The molecule has 0 saturated heterocycles. The number of benzene rings is 2. The van der Waals surface area contributed by atoms with Crippen molar-refractivity contribution >= 4 is 5.91 Å². The molecule has 1 heterocycles. The number of aryl methyl sites for hydroxylation is 2. The van der Waals surface area contributed by atoms with Gasteiger partial charge in [-0.15, -0.1) is 0 Å². The van der Waals surface area contributed by atoms with Crippen molar-refractivity contribution in [2.24, 2.45) is 0 Å². The first-order valence-electron chi connectivity index (χ1n) is 7.36. The molecule has 0 aliphatic heterocycles. The maximum Gasteiger partial charge on any atom is 0.251 e. The van der Waals surface area contributed by atoms with E-state index in [1.165, 1.54) is 5.56 Å². The summed E-state index contributed by atoms with van der Waals surface area (Å²) in [5.74, 6) is 0.845. The predicted octanol–water partition coefficient (Wildman–Crippen LogP) is 3.28. The van der Waals surface area contributed by atoms with Gasteiger partial charge in [0.15, 0.2) is 0 Å². The van der Waals surface area contributed by atoms with Crippen LogP contribution in [-0.4, -0.2) is 16.0 Å². The molecule has 0 unspecified atom stereocenters. The van der Waals surface area contributed by atoms with Crippen LogP contribution in [0.25, 0.3) is 11.4 Å². The number of carbonyl (C=O) groups excluding carboxylic acids is 1. The van der Waals surface area contributed by atoms with Crippen LogP contribution in [0.1, 0.15) is 27.4 Å². The molecule has 1 N–H and O–H groups in total. The molecule has 0 bridgehead atoms. The third-order valence-electron chi connectivity index (χ3n) is 3.48. The molecule has 5 heteroatoms. The van der Waals surface area contributed by atoms with Crippen LogP contribution in [0.4, 0.5) is 0 Å². The van der Waals surface area contributed by atoms with Gasteiger partial charge in [-0.25, -0.2) is 0 Å². The van der Waals surface area contributed by atoms with Crippen LogP contribution in [-0.2, 0) is 6.54 Å². The summed E-state index contributed by atoms with van der Waals surface area (Å²) in [5, 5.41) is 6.79. The summed E-state index contributed by atoms with van der Waals surface area (Å²) in [6.45, 7) is 4.26. The molecule has 0 spiro atoms. The van der Waals surface area contributed by atoms with Crippen LogP contribution in [0, 0.1) is 13.8 Å². The molecule has 0 aliphatic carbocycles. The van der Waals surface area contributed by atoms with E-state index in [1.807, 2.05) is 43.3 Å². The third kappa shape index (κ3) is 3.63. The van der Waals surface area contributed by atoms with Gasteiger partial charge >= 0.3 is 0 Å². The number of nitrogens with one attached hydrogen (secondary N) is 1. The Morgan fingerprint density at radius 1 is 1.13 bits per heavy atom. The molecule has 1 amide bonds. The Morgan fingerprint density at radius 3 is 2.61 bits per heavy atom. The lowest BCUT2D eigenvalue weighted by molar-refractivity contribution is 0.0951. The smallest absolute Gasteiger partial charge is 0.251 e. The van der Waals surface area contributed by atoms with E-state index in [2.05, 4.69) is 15.5 Å². The van der Waals surface area contributed by atoms with Crippen molar-refractivity contribution in [1.29, 1.82) is 0 Å². The fourth-order valence-corrected chi connectivity index (χ4v) is 2.21. The summed E-state index contributed by atoms with van der Waals surface area (Å²) in [7, 11) is 0. The molecule has 0 saturated carbocycles. The lowest BCUT2D eigenvalue weighted by Crippen LogP contribution is -2.22. The minimum absolute atomic E-state index is 0.132. The Kier molecular flexibility index (Phi) is 4.19. The Balaban J connectivity index is 1.71. The Morgan fingerprint density at radius 2 is 1.91 bits per heavy atom. The van der Waals surface area contributed by atoms with Gasteiger partial charge in [-0.05, 0) is 24.6 Å². The second kappa shape index (κ2) is 6.44. The second-order valence-corrected chi connectivity index (χ2v) is 5.39. The van der Waals surface area contributed by atoms with Gasteiger partial charge in [0.2, 0.25) is 11.7 Å². The van der Waals surface area contributed by atoms with Gasteiger partial charge < -0.3 is 9.84 Å². The topological polar surface area (TPSA) is 68.0 Å². The number of hydrogen-bond donors (Lipinski definition) is 1. The number of nitrogens with zero attached hydrogens (tertiary/aromatic N) is 2. The molecule has 3 aromatic rings. The van der Waals surface area contributed by atoms with Gasteiger partial charge in [-0.2, -0.15) is 4.98 Å². The first-order chi connectivity index (χ1) is 11.1. The van der Waals surface area contributed by atoms with Crippen LogP contribution >= 0.6 is 0 Å². The maximum atomic E-state index is 12.3. The fourth-order valence-electron chi connectivity index (χ4n) is 2.21. The molecular weight excluding hydrogens is 290 g/mol. The van der Waals surface area contributed by atoms with E-state index in [-0.39, 0.29) is 5.91 Å². The van der Waals surface area contributed by atoms with E-state index in [9.17, 15) is 4.79 Å². The average molecular weight is 307 g/mol. The average Bonchev–Trinajstić information content (AvgIpc) is 3.01. The predicted molar refractivity (Wildman–Crippen MR) is 86.8 cm³/mol. The summed E-state index contributed by atoms with van der Waals surface area (Å²) >= 11 is 0. The minimum atomic E-state index is -0.132. The van der Waals surface area contributed by atoms with Crippen LogP contribution in [0.5, 0.6) is 0 Å². The molecule has 0 fully saturated rings. The number of hydrogen-bond acceptors (Lipinski definition) is 4. The molecule has 0 radical (unpaired) electrons. The monoisotopic (exact) mass is 307 g/mol. The minimum Gasteiger partial charge on any atom is -0.348 e. The lowest BCUT2D eigenvalue weighted by atomic mass is 10.1. The van der Waals surface area contributed by atoms with E-state index < -0.39 is 0 Å². The number of rotatable bonds is 4. The fraction of sp³-hybridized carbons (Fsp3) is 0.167. The van der Waals surface area contributed by atoms with Crippen molar-refractivity contribution in [3.05, 3.63) is 71.1 Å². The zero-order valence-corrected chi connectivity index (χ0v) is 13.0. The van der Waals surface area contributed by atoms with Gasteiger partial charge in [-0.3, -0.25) is 4.79 Å². The molecule has 5 nitrogen and oxygen atoms in total. The summed E-state index contributed by atoms with van der Waals surface area (Å²) < 4.78 is 4.97.